The predicted molar refractivity (Wildman–Crippen MR) is 106 cm³/mol. The van der Waals surface area contributed by atoms with Crippen LogP contribution in [0.4, 0.5) is 13.6 Å². The summed E-state index contributed by atoms with van der Waals surface area (Å²) >= 11 is 0. The second kappa shape index (κ2) is 8.73. The quantitative estimate of drug-likeness (QED) is 0.487. The fourth-order valence-electron chi connectivity index (χ4n) is 3.15. The van der Waals surface area contributed by atoms with Crippen LogP contribution in [-0.4, -0.2) is 32.6 Å². The molecule has 0 radical (unpaired) electrons. The first-order valence-corrected chi connectivity index (χ1v) is 9.37. The number of aromatic nitrogens is 4. The second-order valence-corrected chi connectivity index (χ2v) is 6.76. The number of nitrogens with zero attached hydrogens (tertiary/aromatic N) is 3. The van der Waals surface area contributed by atoms with E-state index in [1.165, 1.54) is 10.9 Å². The minimum Gasteiger partial charge on any atom is -0.443 e. The largest absolute Gasteiger partial charge is 0.443 e. The summed E-state index contributed by atoms with van der Waals surface area (Å²) in [6.45, 7) is 0.365. The highest BCUT2D eigenvalue weighted by atomic mass is 19.1. The van der Waals surface area contributed by atoms with Crippen molar-refractivity contribution in [2.24, 2.45) is 0 Å². The molecule has 0 saturated carbocycles. The normalized spacial score (nSPS) is 11.0. The smallest absolute Gasteiger partial charge is 0.407 e. The minimum absolute atomic E-state index is 0.0212. The Kier molecular flexibility index (Phi) is 5.69. The lowest BCUT2D eigenvalue weighted by Gasteiger charge is -2.05. The summed E-state index contributed by atoms with van der Waals surface area (Å²) in [5.74, 6) is -1.06. The average molecular weight is 411 g/mol. The molecule has 0 spiro atoms. The van der Waals surface area contributed by atoms with Gasteiger partial charge in [0.25, 0.3) is 0 Å². The highest BCUT2D eigenvalue weighted by Gasteiger charge is 2.09. The molecule has 0 aliphatic heterocycles. The van der Waals surface area contributed by atoms with E-state index in [1.807, 2.05) is 30.5 Å². The molecule has 0 unspecified atom stereocenters. The number of hydrogen-bond donors (Lipinski definition) is 2. The SMILES string of the molecule is O=C(NCCc1c[nH]c2ccccc12)OCc1cn(Cc2cc(F)ccc2F)nn1. The first kappa shape index (κ1) is 19.6. The molecular weight excluding hydrogens is 392 g/mol. The van der Waals surface area contributed by atoms with E-state index in [4.69, 9.17) is 4.74 Å². The summed E-state index contributed by atoms with van der Waals surface area (Å²) in [6, 6.07) is 11.2. The number of carbonyl (C=O) groups is 1. The summed E-state index contributed by atoms with van der Waals surface area (Å²) in [5, 5.41) is 11.5. The molecular formula is C21H19F2N5O2. The van der Waals surface area contributed by atoms with E-state index < -0.39 is 17.7 Å². The molecule has 30 heavy (non-hydrogen) atoms. The Morgan fingerprint density at radius 3 is 2.93 bits per heavy atom. The minimum atomic E-state index is -0.569. The number of alkyl carbamates (subject to hydrolysis) is 1. The molecule has 2 N–H and O–H groups in total. The number of halogens is 2. The number of fused-ring (bicyclic) bond motifs is 1. The molecule has 0 aliphatic rings. The number of amides is 1. The van der Waals surface area contributed by atoms with Crippen LogP contribution in [0.3, 0.4) is 0 Å². The molecule has 4 aromatic rings. The Morgan fingerprint density at radius 1 is 1.17 bits per heavy atom. The summed E-state index contributed by atoms with van der Waals surface area (Å²) in [5.41, 5.74) is 2.72. The lowest BCUT2D eigenvalue weighted by atomic mass is 10.1. The fourth-order valence-corrected chi connectivity index (χ4v) is 3.15. The van der Waals surface area contributed by atoms with Crippen molar-refractivity contribution in [2.75, 3.05) is 6.54 Å². The fraction of sp³-hybridized carbons (Fsp3) is 0.190. The van der Waals surface area contributed by atoms with Crippen LogP contribution in [0.2, 0.25) is 0 Å². The van der Waals surface area contributed by atoms with E-state index in [2.05, 4.69) is 20.6 Å². The molecule has 0 atom stereocenters. The standard InChI is InChI=1S/C21H19F2N5O2/c22-16-5-6-19(23)15(9-16)11-28-12-17(26-27-28)13-30-21(29)24-8-7-14-10-25-20-4-2-1-3-18(14)20/h1-6,9-10,12,25H,7-8,11,13H2,(H,24,29). The van der Waals surface area contributed by atoms with Gasteiger partial charge in [0.2, 0.25) is 0 Å². The van der Waals surface area contributed by atoms with Gasteiger partial charge in [-0.2, -0.15) is 0 Å². The molecule has 154 valence electrons. The van der Waals surface area contributed by atoms with Gasteiger partial charge in [0.1, 0.15) is 23.9 Å². The zero-order valence-electron chi connectivity index (χ0n) is 15.9. The number of para-hydroxylation sites is 1. The number of H-pyrrole nitrogens is 1. The second-order valence-electron chi connectivity index (χ2n) is 6.76. The third kappa shape index (κ3) is 4.62. The number of aromatic amines is 1. The van der Waals surface area contributed by atoms with Gasteiger partial charge in [0.05, 0.1) is 12.7 Å². The van der Waals surface area contributed by atoms with Gasteiger partial charge in [0, 0.05) is 29.2 Å². The summed E-state index contributed by atoms with van der Waals surface area (Å²) in [4.78, 5) is 15.1. The number of hydrogen-bond acceptors (Lipinski definition) is 4. The Labute approximate surface area is 170 Å². The molecule has 2 heterocycles. The Balaban J connectivity index is 1.24. The maximum atomic E-state index is 13.7. The highest BCUT2D eigenvalue weighted by Crippen LogP contribution is 2.17. The highest BCUT2D eigenvalue weighted by molar-refractivity contribution is 5.83. The first-order chi connectivity index (χ1) is 14.6. The van der Waals surface area contributed by atoms with Crippen molar-refractivity contribution in [3.63, 3.8) is 0 Å². The number of benzene rings is 2. The maximum Gasteiger partial charge on any atom is 0.407 e. The molecule has 2 aromatic heterocycles. The van der Waals surface area contributed by atoms with Crippen LogP contribution in [0, 0.1) is 11.6 Å². The molecule has 0 bridgehead atoms. The van der Waals surface area contributed by atoms with Gasteiger partial charge in [0.15, 0.2) is 0 Å². The van der Waals surface area contributed by atoms with E-state index in [9.17, 15) is 13.6 Å². The third-order valence-electron chi connectivity index (χ3n) is 4.62. The molecule has 0 saturated heterocycles. The number of carbonyl (C=O) groups excluding carboxylic acids is 1. The third-order valence-corrected chi connectivity index (χ3v) is 4.62. The lowest BCUT2D eigenvalue weighted by molar-refractivity contribution is 0.138. The Bertz CT molecular complexity index is 1170. The van der Waals surface area contributed by atoms with Crippen LogP contribution in [0.1, 0.15) is 16.8 Å². The van der Waals surface area contributed by atoms with Gasteiger partial charge >= 0.3 is 6.09 Å². The monoisotopic (exact) mass is 411 g/mol. The molecule has 0 aliphatic carbocycles. The Morgan fingerprint density at radius 2 is 2.03 bits per heavy atom. The van der Waals surface area contributed by atoms with Crippen molar-refractivity contribution < 1.29 is 18.3 Å². The van der Waals surface area contributed by atoms with Crippen molar-refractivity contribution in [3.8, 4) is 0 Å². The summed E-state index contributed by atoms with van der Waals surface area (Å²) in [7, 11) is 0. The van der Waals surface area contributed by atoms with Gasteiger partial charge in [-0.1, -0.05) is 23.4 Å². The van der Waals surface area contributed by atoms with Gasteiger partial charge in [-0.25, -0.2) is 18.3 Å². The molecule has 0 fully saturated rings. The molecule has 7 nitrogen and oxygen atoms in total. The van der Waals surface area contributed by atoms with Crippen molar-refractivity contribution in [1.29, 1.82) is 0 Å². The van der Waals surface area contributed by atoms with Crippen molar-refractivity contribution >= 4 is 17.0 Å². The van der Waals surface area contributed by atoms with E-state index in [0.717, 1.165) is 34.7 Å². The van der Waals surface area contributed by atoms with Crippen molar-refractivity contribution in [1.82, 2.24) is 25.3 Å². The summed E-state index contributed by atoms with van der Waals surface area (Å²) in [6.07, 6.45) is 3.54. The lowest BCUT2D eigenvalue weighted by Crippen LogP contribution is -2.26. The zero-order valence-corrected chi connectivity index (χ0v) is 15.9. The van der Waals surface area contributed by atoms with Gasteiger partial charge in [-0.05, 0) is 36.2 Å². The van der Waals surface area contributed by atoms with E-state index >= 15 is 0 Å². The Hall–Kier alpha value is -3.75. The zero-order chi connectivity index (χ0) is 20.9. The van der Waals surface area contributed by atoms with Crippen LogP contribution in [0.25, 0.3) is 10.9 Å². The van der Waals surface area contributed by atoms with E-state index in [0.29, 0.717) is 18.7 Å². The van der Waals surface area contributed by atoms with Crippen LogP contribution in [0.5, 0.6) is 0 Å². The van der Waals surface area contributed by atoms with Crippen LogP contribution >= 0.6 is 0 Å². The molecule has 2 aromatic carbocycles. The van der Waals surface area contributed by atoms with Gasteiger partial charge < -0.3 is 15.0 Å². The number of ether oxygens (including phenoxy) is 1. The molecule has 9 heteroatoms. The summed E-state index contributed by atoms with van der Waals surface area (Å²) < 4.78 is 33.5. The van der Waals surface area contributed by atoms with Crippen LogP contribution in [-0.2, 0) is 24.3 Å². The number of nitrogens with one attached hydrogen (secondary N) is 2. The maximum absolute atomic E-state index is 13.7. The average Bonchev–Trinajstić information content (AvgIpc) is 3.36. The van der Waals surface area contributed by atoms with Crippen molar-refractivity contribution in [2.45, 2.75) is 19.6 Å². The predicted octanol–water partition coefficient (Wildman–Crippen LogP) is 3.55. The number of rotatable bonds is 7. The topological polar surface area (TPSA) is 84.8 Å². The first-order valence-electron chi connectivity index (χ1n) is 9.37. The van der Waals surface area contributed by atoms with E-state index in [-0.39, 0.29) is 18.7 Å². The molecule has 4 rings (SSSR count). The van der Waals surface area contributed by atoms with Gasteiger partial charge in [-0.3, -0.25) is 0 Å². The van der Waals surface area contributed by atoms with Gasteiger partial charge in [-0.15, -0.1) is 5.10 Å². The van der Waals surface area contributed by atoms with Crippen molar-refractivity contribution in [3.05, 3.63) is 83.3 Å². The molecule has 1 amide bonds. The van der Waals surface area contributed by atoms with Crippen LogP contribution < -0.4 is 5.32 Å². The van der Waals surface area contributed by atoms with Crippen LogP contribution in [0.15, 0.2) is 54.9 Å². The van der Waals surface area contributed by atoms with E-state index in [1.54, 1.807) is 0 Å².